The monoisotopic (exact) mass is 622 g/mol. The number of alkyl carbamates (subject to hydrolysis) is 1. The SMILES string of the molecule is CCC(O)C(C)C1OC1CC(C)/C=C/C=C(\C)C1OC(=O)C(OC(=O)NCCCN(C)C)C(O)CCC(C)(O)C/C=C/C1C. The summed E-state index contributed by atoms with van der Waals surface area (Å²) >= 11 is 0. The van der Waals surface area contributed by atoms with Crippen LogP contribution >= 0.6 is 0 Å². The lowest BCUT2D eigenvalue weighted by Gasteiger charge is -2.30. The molecule has 0 aromatic heterocycles. The van der Waals surface area contributed by atoms with Gasteiger partial charge in [-0.15, -0.1) is 0 Å². The van der Waals surface area contributed by atoms with E-state index in [0.717, 1.165) is 18.5 Å². The third-order valence-corrected chi connectivity index (χ3v) is 8.58. The molecule has 10 nitrogen and oxygen atoms in total. The van der Waals surface area contributed by atoms with Crippen LogP contribution in [0.5, 0.6) is 0 Å². The molecule has 1 amide bonds. The van der Waals surface area contributed by atoms with E-state index in [1.54, 1.807) is 6.92 Å². The fraction of sp³-hybridized carbons (Fsp3) is 0.765. The number of amides is 1. The van der Waals surface area contributed by atoms with Gasteiger partial charge in [0.15, 0.2) is 0 Å². The lowest BCUT2D eigenvalue weighted by Crippen LogP contribution is -2.45. The molecule has 2 heterocycles. The molecular weight excluding hydrogens is 564 g/mol. The van der Waals surface area contributed by atoms with E-state index in [4.69, 9.17) is 14.2 Å². The summed E-state index contributed by atoms with van der Waals surface area (Å²) < 4.78 is 17.2. The normalized spacial score (nSPS) is 33.1. The Bertz CT molecular complexity index is 994. The predicted molar refractivity (Wildman–Crippen MR) is 171 cm³/mol. The Labute approximate surface area is 264 Å². The number of esters is 1. The number of nitrogens with zero attached hydrogens (tertiary/aromatic N) is 1. The van der Waals surface area contributed by atoms with Crippen LogP contribution in [0.3, 0.4) is 0 Å². The molecule has 0 aromatic rings. The summed E-state index contributed by atoms with van der Waals surface area (Å²) in [7, 11) is 3.87. The maximum atomic E-state index is 13.4. The van der Waals surface area contributed by atoms with Crippen molar-refractivity contribution in [1.82, 2.24) is 10.2 Å². The van der Waals surface area contributed by atoms with Crippen LogP contribution < -0.4 is 5.32 Å². The van der Waals surface area contributed by atoms with Crippen LogP contribution in [-0.2, 0) is 19.0 Å². The second-order valence-electron chi connectivity index (χ2n) is 13.3. The first-order valence-corrected chi connectivity index (χ1v) is 16.2. The number of hydrogen-bond donors (Lipinski definition) is 4. The summed E-state index contributed by atoms with van der Waals surface area (Å²) in [5.74, 6) is -0.738. The van der Waals surface area contributed by atoms with Crippen LogP contribution in [0.25, 0.3) is 0 Å². The summed E-state index contributed by atoms with van der Waals surface area (Å²) in [6.45, 7) is 12.7. The first-order chi connectivity index (χ1) is 20.6. The molecule has 0 aromatic carbocycles. The van der Waals surface area contributed by atoms with Crippen molar-refractivity contribution in [1.29, 1.82) is 0 Å². The van der Waals surface area contributed by atoms with Crippen LogP contribution in [0.2, 0.25) is 0 Å². The number of cyclic esters (lactones) is 1. The third-order valence-electron chi connectivity index (χ3n) is 8.58. The zero-order valence-corrected chi connectivity index (χ0v) is 28.1. The van der Waals surface area contributed by atoms with Crippen LogP contribution in [0.4, 0.5) is 4.79 Å². The first-order valence-electron chi connectivity index (χ1n) is 16.2. The minimum atomic E-state index is -1.54. The quantitative estimate of drug-likeness (QED) is 0.0784. The van der Waals surface area contributed by atoms with E-state index in [1.807, 2.05) is 71.0 Å². The molecule has 10 unspecified atom stereocenters. The summed E-state index contributed by atoms with van der Waals surface area (Å²) in [5, 5.41) is 34.5. The fourth-order valence-electron chi connectivity index (χ4n) is 5.52. The second kappa shape index (κ2) is 18.0. The van der Waals surface area contributed by atoms with Gasteiger partial charge in [0.25, 0.3) is 0 Å². The van der Waals surface area contributed by atoms with Crippen molar-refractivity contribution >= 4 is 12.1 Å². The van der Waals surface area contributed by atoms with Gasteiger partial charge in [-0.05, 0) is 84.5 Å². The largest absolute Gasteiger partial charge is 0.454 e. The standard InChI is InChI=1S/C34H58N2O8/c1-9-26(37)25(5)30-28(42-30)21-22(2)13-10-14-23(3)29-24(4)15-11-17-34(6,41)18-16-27(38)31(32(39)43-29)44-33(40)35-19-12-20-36(7)8/h10-11,13-15,22,24-31,37-38,41H,9,12,16-21H2,1-8H3,(H,35,40)/b13-10+,15-11+,23-14+. The molecule has 2 rings (SSSR count). The summed E-state index contributed by atoms with van der Waals surface area (Å²) in [5.41, 5.74) is -0.320. The number of rotatable bonds is 13. The van der Waals surface area contributed by atoms with Gasteiger partial charge in [0.1, 0.15) is 12.2 Å². The number of aliphatic hydroxyl groups is 3. The molecule has 2 aliphatic rings. The maximum Gasteiger partial charge on any atom is 0.408 e. The molecule has 0 bridgehead atoms. The Morgan fingerprint density at radius 2 is 2.02 bits per heavy atom. The van der Waals surface area contributed by atoms with Crippen molar-refractivity contribution in [3.8, 4) is 0 Å². The van der Waals surface area contributed by atoms with Gasteiger partial charge in [-0.1, -0.05) is 58.1 Å². The van der Waals surface area contributed by atoms with Gasteiger partial charge < -0.3 is 39.7 Å². The minimum absolute atomic E-state index is 0.0476. The predicted octanol–water partition coefficient (Wildman–Crippen LogP) is 4.14. The van der Waals surface area contributed by atoms with E-state index in [2.05, 4.69) is 18.3 Å². The van der Waals surface area contributed by atoms with E-state index < -0.39 is 36.0 Å². The molecule has 0 spiro atoms. The number of ether oxygens (including phenoxy) is 3. The van der Waals surface area contributed by atoms with Crippen molar-refractivity contribution in [2.45, 2.75) is 122 Å². The second-order valence-corrected chi connectivity index (χ2v) is 13.3. The molecular formula is C34H58N2O8. The molecule has 0 saturated carbocycles. The van der Waals surface area contributed by atoms with Crippen LogP contribution in [0.15, 0.2) is 36.0 Å². The van der Waals surface area contributed by atoms with E-state index in [1.165, 1.54) is 0 Å². The van der Waals surface area contributed by atoms with Crippen molar-refractivity contribution in [3.63, 3.8) is 0 Å². The number of carbonyl (C=O) groups excluding carboxylic acids is 2. The molecule has 252 valence electrons. The van der Waals surface area contributed by atoms with E-state index in [-0.39, 0.29) is 48.9 Å². The summed E-state index contributed by atoms with van der Waals surface area (Å²) in [6.07, 6.45) is 8.08. The third kappa shape index (κ3) is 13.0. The molecule has 4 N–H and O–H groups in total. The Kier molecular flexibility index (Phi) is 15.6. The van der Waals surface area contributed by atoms with Crippen LogP contribution in [0.1, 0.15) is 80.1 Å². The van der Waals surface area contributed by atoms with Gasteiger partial charge in [-0.25, -0.2) is 9.59 Å². The van der Waals surface area contributed by atoms with E-state index in [0.29, 0.717) is 25.8 Å². The highest BCUT2D eigenvalue weighted by Crippen LogP contribution is 2.36. The van der Waals surface area contributed by atoms with Gasteiger partial charge >= 0.3 is 12.1 Å². The molecule has 0 radical (unpaired) electrons. The molecule has 2 aliphatic heterocycles. The molecule has 10 heteroatoms. The number of nitrogens with one attached hydrogen (secondary N) is 1. The molecule has 10 atom stereocenters. The zero-order valence-electron chi connectivity index (χ0n) is 28.1. The number of allylic oxidation sites excluding steroid dienone is 3. The van der Waals surface area contributed by atoms with Crippen molar-refractivity contribution < 1.29 is 39.1 Å². The highest BCUT2D eigenvalue weighted by Gasteiger charge is 2.45. The number of carbonyl (C=O) groups is 2. The topological polar surface area (TPSA) is 141 Å². The maximum absolute atomic E-state index is 13.4. The van der Waals surface area contributed by atoms with Crippen molar-refractivity contribution in [2.24, 2.45) is 17.8 Å². The van der Waals surface area contributed by atoms with E-state index >= 15 is 0 Å². The lowest BCUT2D eigenvalue weighted by molar-refractivity contribution is -0.165. The first kappa shape index (κ1) is 37.9. The van der Waals surface area contributed by atoms with Gasteiger partial charge in [0, 0.05) is 18.4 Å². The number of epoxide rings is 1. The smallest absolute Gasteiger partial charge is 0.408 e. The number of aliphatic hydroxyl groups excluding tert-OH is 2. The molecule has 44 heavy (non-hydrogen) atoms. The number of hydrogen-bond acceptors (Lipinski definition) is 9. The average Bonchev–Trinajstić information content (AvgIpc) is 3.72. The van der Waals surface area contributed by atoms with Crippen molar-refractivity contribution in [2.75, 3.05) is 27.2 Å². The summed E-state index contributed by atoms with van der Waals surface area (Å²) in [6, 6.07) is 0. The minimum Gasteiger partial charge on any atom is -0.454 e. The summed E-state index contributed by atoms with van der Waals surface area (Å²) in [4.78, 5) is 28.0. The average molecular weight is 623 g/mol. The van der Waals surface area contributed by atoms with E-state index in [9.17, 15) is 24.9 Å². The Balaban J connectivity index is 2.14. The molecule has 1 saturated heterocycles. The Morgan fingerprint density at radius 1 is 1.32 bits per heavy atom. The Morgan fingerprint density at radius 3 is 2.68 bits per heavy atom. The highest BCUT2D eigenvalue weighted by molar-refractivity contribution is 5.79. The van der Waals surface area contributed by atoms with Gasteiger partial charge in [-0.3, -0.25) is 0 Å². The zero-order chi connectivity index (χ0) is 33.0. The molecule has 0 aliphatic carbocycles. The van der Waals surface area contributed by atoms with Gasteiger partial charge in [0.05, 0.1) is 23.9 Å². The van der Waals surface area contributed by atoms with Crippen molar-refractivity contribution in [3.05, 3.63) is 36.0 Å². The van der Waals surface area contributed by atoms with Crippen LogP contribution in [-0.4, -0.2) is 102 Å². The highest BCUT2D eigenvalue weighted by atomic mass is 16.6. The van der Waals surface area contributed by atoms with Gasteiger partial charge in [0.2, 0.25) is 6.10 Å². The lowest BCUT2D eigenvalue weighted by atomic mass is 9.90. The van der Waals surface area contributed by atoms with Gasteiger partial charge in [-0.2, -0.15) is 0 Å². The Hall–Kier alpha value is -2.24. The molecule has 1 fully saturated rings. The fourth-order valence-corrected chi connectivity index (χ4v) is 5.52. The van der Waals surface area contributed by atoms with Crippen LogP contribution in [0, 0.1) is 17.8 Å².